The Balaban J connectivity index is 2.07. The molecule has 4 nitrogen and oxygen atoms in total. The number of carbonyl (C=O) groups is 1. The van der Waals surface area contributed by atoms with Crippen molar-refractivity contribution >= 4 is 6.09 Å². The van der Waals surface area contributed by atoms with Crippen LogP contribution in [0.5, 0.6) is 0 Å². The van der Waals surface area contributed by atoms with Crippen LogP contribution in [-0.2, 0) is 4.74 Å². The second-order valence-corrected chi connectivity index (χ2v) is 3.04. The van der Waals surface area contributed by atoms with Crippen LogP contribution in [0.2, 0.25) is 0 Å². The van der Waals surface area contributed by atoms with Crippen LogP contribution in [0.4, 0.5) is 4.79 Å². The molecule has 56 valence electrons. The van der Waals surface area contributed by atoms with E-state index in [-0.39, 0.29) is 11.7 Å². The van der Waals surface area contributed by atoms with Gasteiger partial charge < -0.3 is 4.74 Å². The molecule has 1 spiro atoms. The van der Waals surface area contributed by atoms with Crippen molar-refractivity contribution in [2.45, 2.75) is 18.4 Å². The molecule has 1 N–H and O–H groups in total. The number of hydrogen-bond donors (Lipinski definition) is 1. The fourth-order valence-electron chi connectivity index (χ4n) is 1.28. The van der Waals surface area contributed by atoms with Crippen molar-refractivity contribution in [2.75, 3.05) is 13.6 Å². The Morgan fingerprint density at radius 2 is 2.40 bits per heavy atom. The van der Waals surface area contributed by atoms with E-state index in [9.17, 15) is 4.79 Å². The van der Waals surface area contributed by atoms with Crippen molar-refractivity contribution < 1.29 is 9.53 Å². The zero-order valence-electron chi connectivity index (χ0n) is 5.89. The average Bonchev–Trinajstić information content (AvgIpc) is 2.44. The normalized spacial score (nSPS) is 29.5. The lowest BCUT2D eigenvalue weighted by Gasteiger charge is -2.29. The fourth-order valence-corrected chi connectivity index (χ4v) is 1.28. The van der Waals surface area contributed by atoms with Crippen molar-refractivity contribution in [3.8, 4) is 0 Å². The summed E-state index contributed by atoms with van der Waals surface area (Å²) >= 11 is 0. The largest absolute Gasteiger partial charge is 0.441 e. The first-order valence-corrected chi connectivity index (χ1v) is 3.41. The Kier molecular flexibility index (Phi) is 0.976. The molecule has 10 heavy (non-hydrogen) atoms. The number of rotatable bonds is 0. The molecule has 0 atom stereocenters. The molecule has 2 aliphatic rings. The van der Waals surface area contributed by atoms with Gasteiger partial charge in [-0.3, -0.25) is 5.43 Å². The molecule has 4 heteroatoms. The van der Waals surface area contributed by atoms with Crippen LogP contribution >= 0.6 is 0 Å². The van der Waals surface area contributed by atoms with Gasteiger partial charge in [-0.05, 0) is 12.8 Å². The van der Waals surface area contributed by atoms with Gasteiger partial charge >= 0.3 is 6.09 Å². The third kappa shape index (κ3) is 0.844. The molecule has 1 aliphatic carbocycles. The first-order valence-electron chi connectivity index (χ1n) is 3.41. The van der Waals surface area contributed by atoms with Crippen LogP contribution in [0.15, 0.2) is 0 Å². The number of carbonyl (C=O) groups excluding carboxylic acids is 1. The zero-order chi connectivity index (χ0) is 7.19. The molecule has 1 saturated heterocycles. The van der Waals surface area contributed by atoms with Crippen LogP contribution in [0.25, 0.3) is 0 Å². The first-order chi connectivity index (χ1) is 4.70. The molecule has 2 fully saturated rings. The van der Waals surface area contributed by atoms with Gasteiger partial charge in [0.25, 0.3) is 0 Å². The zero-order valence-corrected chi connectivity index (χ0v) is 5.89. The summed E-state index contributed by atoms with van der Waals surface area (Å²) in [6.07, 6.45) is 1.72. The average molecular weight is 142 g/mol. The van der Waals surface area contributed by atoms with Gasteiger partial charge in [0.1, 0.15) is 5.60 Å². The highest BCUT2D eigenvalue weighted by Gasteiger charge is 2.50. The summed E-state index contributed by atoms with van der Waals surface area (Å²) < 4.78 is 5.06. The number of amides is 1. The van der Waals surface area contributed by atoms with E-state index in [4.69, 9.17) is 4.74 Å². The van der Waals surface area contributed by atoms with Crippen LogP contribution in [0.1, 0.15) is 12.8 Å². The molecule has 2 rings (SSSR count). The number of nitrogens with one attached hydrogen (secondary N) is 1. The predicted molar refractivity (Wildman–Crippen MR) is 34.2 cm³/mol. The molecule has 0 aromatic heterocycles. The van der Waals surface area contributed by atoms with E-state index < -0.39 is 0 Å². The Hall–Kier alpha value is -0.770. The maximum absolute atomic E-state index is 10.8. The predicted octanol–water partition coefficient (Wildman–Crippen LogP) is 0.106. The van der Waals surface area contributed by atoms with Crippen LogP contribution in [0, 0.1) is 0 Å². The molecular formula is C6H10N2O2. The standard InChI is InChI=1S/C6H10N2O2/c1-8-4-6(2-3-6)10-5(9)7-8/h2-4H2,1H3,(H,7,9). The quantitative estimate of drug-likeness (QED) is 0.521. The monoisotopic (exact) mass is 142 g/mol. The van der Waals surface area contributed by atoms with E-state index in [1.165, 1.54) is 0 Å². The Labute approximate surface area is 59.1 Å². The third-order valence-electron chi connectivity index (χ3n) is 1.92. The Bertz CT molecular complexity index is 177. The lowest BCUT2D eigenvalue weighted by Crippen LogP contribution is -2.52. The van der Waals surface area contributed by atoms with E-state index in [1.807, 2.05) is 7.05 Å². The lowest BCUT2D eigenvalue weighted by molar-refractivity contribution is -0.000680. The van der Waals surface area contributed by atoms with E-state index in [1.54, 1.807) is 5.01 Å². The Morgan fingerprint density at radius 3 is 2.90 bits per heavy atom. The van der Waals surface area contributed by atoms with Gasteiger partial charge in [-0.1, -0.05) is 0 Å². The minimum atomic E-state index is -0.314. The number of ether oxygens (including phenoxy) is 1. The van der Waals surface area contributed by atoms with Gasteiger partial charge in [-0.25, -0.2) is 9.80 Å². The second-order valence-electron chi connectivity index (χ2n) is 3.04. The molecule has 1 amide bonds. The number of nitrogens with zero attached hydrogens (tertiary/aromatic N) is 1. The maximum Gasteiger partial charge on any atom is 0.422 e. The van der Waals surface area contributed by atoms with Gasteiger partial charge in [0, 0.05) is 7.05 Å². The van der Waals surface area contributed by atoms with Gasteiger partial charge in [-0.15, -0.1) is 0 Å². The maximum atomic E-state index is 10.8. The fraction of sp³-hybridized carbons (Fsp3) is 0.833. The number of hydrazine groups is 1. The molecule has 0 aromatic rings. The highest BCUT2D eigenvalue weighted by molar-refractivity contribution is 5.68. The molecule has 1 heterocycles. The van der Waals surface area contributed by atoms with Crippen molar-refractivity contribution in [3.05, 3.63) is 0 Å². The van der Waals surface area contributed by atoms with Crippen molar-refractivity contribution in [3.63, 3.8) is 0 Å². The molecule has 1 saturated carbocycles. The topological polar surface area (TPSA) is 41.6 Å². The highest BCUT2D eigenvalue weighted by Crippen LogP contribution is 2.41. The van der Waals surface area contributed by atoms with Crippen molar-refractivity contribution in [1.82, 2.24) is 10.4 Å². The first kappa shape index (κ1) is 5.97. The van der Waals surface area contributed by atoms with Gasteiger partial charge in [0.15, 0.2) is 0 Å². The minimum absolute atomic E-state index is 0.114. The van der Waals surface area contributed by atoms with E-state index in [0.717, 1.165) is 19.4 Å². The second kappa shape index (κ2) is 1.63. The minimum Gasteiger partial charge on any atom is -0.441 e. The summed E-state index contributed by atoms with van der Waals surface area (Å²) in [6, 6.07) is 0. The van der Waals surface area contributed by atoms with E-state index >= 15 is 0 Å². The molecule has 1 aliphatic heterocycles. The van der Waals surface area contributed by atoms with Crippen molar-refractivity contribution in [2.24, 2.45) is 0 Å². The molecule has 0 radical (unpaired) electrons. The summed E-state index contributed by atoms with van der Waals surface area (Å²) in [4.78, 5) is 10.8. The van der Waals surface area contributed by atoms with E-state index in [2.05, 4.69) is 5.43 Å². The molecule has 0 aromatic carbocycles. The van der Waals surface area contributed by atoms with Crippen LogP contribution < -0.4 is 5.43 Å². The third-order valence-corrected chi connectivity index (χ3v) is 1.92. The summed E-state index contributed by atoms with van der Waals surface area (Å²) in [5, 5.41) is 1.78. The summed E-state index contributed by atoms with van der Waals surface area (Å²) in [5.74, 6) is 0. The molecule has 0 bridgehead atoms. The van der Waals surface area contributed by atoms with Crippen LogP contribution in [0.3, 0.4) is 0 Å². The van der Waals surface area contributed by atoms with Gasteiger partial charge in [0.2, 0.25) is 0 Å². The summed E-state index contributed by atoms with van der Waals surface area (Å²) in [7, 11) is 1.85. The summed E-state index contributed by atoms with van der Waals surface area (Å²) in [5.41, 5.74) is 2.43. The van der Waals surface area contributed by atoms with E-state index in [0.29, 0.717) is 0 Å². The Morgan fingerprint density at radius 1 is 1.70 bits per heavy atom. The van der Waals surface area contributed by atoms with Crippen molar-refractivity contribution in [1.29, 1.82) is 0 Å². The van der Waals surface area contributed by atoms with Gasteiger partial charge in [0.05, 0.1) is 6.54 Å². The number of likely N-dealkylation sites (N-methyl/N-ethyl adjacent to an activating group) is 1. The summed E-state index contributed by atoms with van der Waals surface area (Å²) in [6.45, 7) is 0.818. The van der Waals surface area contributed by atoms with Crippen LogP contribution in [-0.4, -0.2) is 30.3 Å². The molecular weight excluding hydrogens is 132 g/mol. The SMILES string of the molecule is CN1CC2(CC2)OC(=O)N1. The smallest absolute Gasteiger partial charge is 0.422 e. The van der Waals surface area contributed by atoms with Gasteiger partial charge in [-0.2, -0.15) is 0 Å². The lowest BCUT2D eigenvalue weighted by atomic mass is 10.3. The number of hydrogen-bond acceptors (Lipinski definition) is 3. The molecule has 0 unspecified atom stereocenters. The highest BCUT2D eigenvalue weighted by atomic mass is 16.6.